The third-order valence-electron chi connectivity index (χ3n) is 7.71. The molecule has 0 bridgehead atoms. The lowest BCUT2D eigenvalue weighted by Crippen LogP contribution is -2.41. The first-order valence-corrected chi connectivity index (χ1v) is 16.9. The molecule has 0 spiro atoms. The van der Waals surface area contributed by atoms with Crippen LogP contribution in [0.5, 0.6) is 0 Å². The summed E-state index contributed by atoms with van der Waals surface area (Å²) in [4.78, 5) is 30.4. The molecule has 1 aliphatic rings. The van der Waals surface area contributed by atoms with E-state index in [0.717, 1.165) is 24.1 Å². The maximum absolute atomic E-state index is 13.1. The van der Waals surface area contributed by atoms with Gasteiger partial charge >= 0.3 is 11.9 Å². The second-order valence-corrected chi connectivity index (χ2v) is 18.1. The van der Waals surface area contributed by atoms with Gasteiger partial charge in [0.25, 0.3) is 0 Å². The molecule has 0 N–H and O–H groups in total. The Hall–Kier alpha value is -3.05. The molecule has 4 rings (SSSR count). The fourth-order valence-electron chi connectivity index (χ4n) is 4.33. The number of methoxy groups -OCH3 is 1. The quantitative estimate of drug-likeness (QED) is 0.233. The highest BCUT2D eigenvalue weighted by Gasteiger charge is 2.38. The molecule has 0 saturated heterocycles. The molecule has 1 aliphatic carbocycles. The second-order valence-electron chi connectivity index (χ2n) is 13.2. The van der Waals surface area contributed by atoms with Crippen LogP contribution in [0, 0.1) is 0 Å². The summed E-state index contributed by atoms with van der Waals surface area (Å²) in [6.07, 6.45) is 8.38. The van der Waals surface area contributed by atoms with Crippen molar-refractivity contribution in [1.29, 1.82) is 0 Å². The number of aromatic nitrogens is 5. The van der Waals surface area contributed by atoms with Crippen LogP contribution in [0.1, 0.15) is 99.9 Å². The number of rotatable bonds is 10. The van der Waals surface area contributed by atoms with Crippen LogP contribution in [0.25, 0.3) is 5.65 Å². The van der Waals surface area contributed by atoms with E-state index in [9.17, 15) is 9.59 Å². The average Bonchev–Trinajstić information content (AvgIpc) is 3.45. The van der Waals surface area contributed by atoms with Crippen molar-refractivity contribution in [2.75, 3.05) is 13.7 Å². The zero-order valence-electron chi connectivity index (χ0n) is 25.3. The molecule has 0 amide bonds. The van der Waals surface area contributed by atoms with Gasteiger partial charge in [-0.1, -0.05) is 26.0 Å². The molecule has 1 saturated carbocycles. The second kappa shape index (κ2) is 11.1. The topological polar surface area (TPSA) is 110 Å². The molecule has 11 heteroatoms. The van der Waals surface area contributed by atoms with Crippen LogP contribution in [-0.2, 0) is 25.2 Å². The fourth-order valence-corrected chi connectivity index (χ4v) is 5.39. The number of esters is 2. The maximum Gasteiger partial charge on any atom is 0.361 e. The van der Waals surface area contributed by atoms with Gasteiger partial charge in [0.15, 0.2) is 14.0 Å². The Kier molecular flexibility index (Phi) is 8.29. The van der Waals surface area contributed by atoms with E-state index < -0.39 is 25.8 Å². The van der Waals surface area contributed by atoms with E-state index in [1.54, 1.807) is 31.6 Å². The molecule has 0 radical (unpaired) electrons. The van der Waals surface area contributed by atoms with Gasteiger partial charge in [0.1, 0.15) is 11.2 Å². The molecule has 40 heavy (non-hydrogen) atoms. The van der Waals surface area contributed by atoms with Crippen LogP contribution in [-0.4, -0.2) is 64.0 Å². The van der Waals surface area contributed by atoms with E-state index in [0.29, 0.717) is 31.1 Å². The Morgan fingerprint density at radius 2 is 1.80 bits per heavy atom. The summed E-state index contributed by atoms with van der Waals surface area (Å²) in [7, 11) is -0.544. The SMILES string of the molecule is COC(=O)C(CCO[Si](C)(C)C(C)(C)C)c1cc(C2CC2)cn2cc(Cn3cc(C(=O)OC(C)(C)C)nn3)nc12. The van der Waals surface area contributed by atoms with Gasteiger partial charge in [0, 0.05) is 24.6 Å². The number of hydrogen-bond acceptors (Lipinski definition) is 8. The molecule has 1 unspecified atom stereocenters. The summed E-state index contributed by atoms with van der Waals surface area (Å²) in [5, 5.41) is 8.16. The Bertz CT molecular complexity index is 1380. The minimum atomic E-state index is -1.97. The van der Waals surface area contributed by atoms with E-state index in [2.05, 4.69) is 56.4 Å². The van der Waals surface area contributed by atoms with Crippen molar-refractivity contribution >= 4 is 25.9 Å². The minimum absolute atomic E-state index is 0.0790. The molecule has 3 aromatic heterocycles. The molecule has 1 fully saturated rings. The number of imidazole rings is 1. The molecule has 3 heterocycles. The number of carbonyl (C=O) groups excluding carboxylic acids is 2. The van der Waals surface area contributed by atoms with Crippen LogP contribution < -0.4 is 0 Å². The van der Waals surface area contributed by atoms with Gasteiger partial charge in [-0.05, 0) is 75.7 Å². The minimum Gasteiger partial charge on any atom is -0.469 e. The molecule has 0 aliphatic heterocycles. The number of hydrogen-bond donors (Lipinski definition) is 0. The van der Waals surface area contributed by atoms with E-state index in [-0.39, 0.29) is 16.7 Å². The highest BCUT2D eigenvalue weighted by molar-refractivity contribution is 6.74. The highest BCUT2D eigenvalue weighted by atomic mass is 28.4. The first kappa shape index (κ1) is 29.9. The monoisotopic (exact) mass is 569 g/mol. The van der Waals surface area contributed by atoms with Gasteiger partial charge in [-0.3, -0.25) is 4.79 Å². The third-order valence-corrected chi connectivity index (χ3v) is 12.2. The molecule has 10 nitrogen and oxygen atoms in total. The van der Waals surface area contributed by atoms with E-state index in [4.69, 9.17) is 18.9 Å². The maximum atomic E-state index is 13.1. The van der Waals surface area contributed by atoms with E-state index >= 15 is 0 Å². The van der Waals surface area contributed by atoms with Crippen molar-refractivity contribution in [2.24, 2.45) is 0 Å². The zero-order chi connectivity index (χ0) is 29.5. The van der Waals surface area contributed by atoms with Crippen LogP contribution in [0.15, 0.2) is 24.7 Å². The smallest absolute Gasteiger partial charge is 0.361 e. The fraction of sp³-hybridized carbons (Fsp3) is 0.621. The van der Waals surface area contributed by atoms with Crippen molar-refractivity contribution in [3.8, 4) is 0 Å². The van der Waals surface area contributed by atoms with Gasteiger partial charge in [-0.15, -0.1) is 5.10 Å². The highest BCUT2D eigenvalue weighted by Crippen LogP contribution is 2.42. The lowest BCUT2D eigenvalue weighted by Gasteiger charge is -2.36. The van der Waals surface area contributed by atoms with Crippen molar-refractivity contribution in [2.45, 2.75) is 103 Å². The van der Waals surface area contributed by atoms with Gasteiger partial charge in [0.05, 0.1) is 31.5 Å². The van der Waals surface area contributed by atoms with Crippen LogP contribution in [0.3, 0.4) is 0 Å². The lowest BCUT2D eigenvalue weighted by atomic mass is 9.95. The van der Waals surface area contributed by atoms with Crippen molar-refractivity contribution in [3.05, 3.63) is 47.2 Å². The molecular weight excluding hydrogens is 526 g/mol. The van der Waals surface area contributed by atoms with Crippen molar-refractivity contribution in [3.63, 3.8) is 0 Å². The molecule has 0 aromatic carbocycles. The largest absolute Gasteiger partial charge is 0.469 e. The molecular formula is C29H43N5O5Si. The summed E-state index contributed by atoms with van der Waals surface area (Å²) in [6, 6.07) is 2.12. The predicted molar refractivity (Wildman–Crippen MR) is 154 cm³/mol. The van der Waals surface area contributed by atoms with E-state index in [1.807, 2.05) is 10.6 Å². The molecule has 218 valence electrons. The molecule has 1 atom stereocenters. The first-order chi connectivity index (χ1) is 18.6. The van der Waals surface area contributed by atoms with Gasteiger partial charge in [-0.25, -0.2) is 14.5 Å². The number of nitrogens with zero attached hydrogens (tertiary/aromatic N) is 5. The first-order valence-electron chi connectivity index (χ1n) is 13.9. The van der Waals surface area contributed by atoms with Crippen molar-refractivity contribution in [1.82, 2.24) is 24.4 Å². The number of pyridine rings is 1. The van der Waals surface area contributed by atoms with Gasteiger partial charge in [0.2, 0.25) is 0 Å². The van der Waals surface area contributed by atoms with E-state index in [1.165, 1.54) is 12.7 Å². The Morgan fingerprint density at radius 1 is 1.10 bits per heavy atom. The lowest BCUT2D eigenvalue weighted by molar-refractivity contribution is -0.142. The summed E-state index contributed by atoms with van der Waals surface area (Å²) in [6.45, 7) is 17.2. The Balaban J connectivity index is 1.62. The average molecular weight is 570 g/mol. The van der Waals surface area contributed by atoms with Gasteiger partial charge < -0.3 is 18.3 Å². The van der Waals surface area contributed by atoms with Crippen molar-refractivity contribution < 1.29 is 23.5 Å². The Morgan fingerprint density at radius 3 is 2.40 bits per heavy atom. The standard InChI is InChI=1S/C29H43N5O5Si/c1-28(2,3)39-27(36)24-18-34(32-31-24)17-21-16-33-15-20(19-10-11-19)14-23(25(33)30-21)22(26(35)37-7)12-13-38-40(8,9)29(4,5)6/h14-16,18-19,22H,10-13,17H2,1-9H3. The molecule has 3 aromatic rings. The summed E-state index contributed by atoms with van der Waals surface area (Å²) < 4.78 is 20.6. The zero-order valence-corrected chi connectivity index (χ0v) is 26.3. The third kappa shape index (κ3) is 6.98. The summed E-state index contributed by atoms with van der Waals surface area (Å²) in [5.41, 5.74) is 2.99. The van der Waals surface area contributed by atoms with Crippen LogP contribution >= 0.6 is 0 Å². The van der Waals surface area contributed by atoms with Gasteiger partial charge in [-0.2, -0.15) is 0 Å². The number of carbonyl (C=O) groups is 2. The Labute approximate surface area is 237 Å². The summed E-state index contributed by atoms with van der Waals surface area (Å²) >= 11 is 0. The number of fused-ring (bicyclic) bond motifs is 1. The summed E-state index contributed by atoms with van der Waals surface area (Å²) in [5.74, 6) is -0.832. The van der Waals surface area contributed by atoms with Crippen LogP contribution in [0.4, 0.5) is 0 Å². The number of ether oxygens (including phenoxy) is 2. The van der Waals surface area contributed by atoms with Crippen LogP contribution in [0.2, 0.25) is 18.1 Å². The normalized spacial score (nSPS) is 15.3. The predicted octanol–water partition coefficient (Wildman–Crippen LogP) is 5.48.